The highest BCUT2D eigenvalue weighted by Gasteiger charge is 2.36. The fourth-order valence-corrected chi connectivity index (χ4v) is 16.2. The molecular formula is C113H99F7O25S. The lowest BCUT2D eigenvalue weighted by molar-refractivity contribution is -0.138. The van der Waals surface area contributed by atoms with Crippen molar-refractivity contribution in [3.63, 3.8) is 0 Å². The molecule has 0 aromatic heterocycles. The van der Waals surface area contributed by atoms with Gasteiger partial charge < -0.3 is 61.6 Å². The molecule has 33 heteroatoms. The zero-order valence-electron chi connectivity index (χ0n) is 79.5. The van der Waals surface area contributed by atoms with Gasteiger partial charge in [0.15, 0.2) is 127 Å². The summed E-state index contributed by atoms with van der Waals surface area (Å²) in [5, 5.41) is 0. The van der Waals surface area contributed by atoms with E-state index in [1.54, 1.807) is 195 Å². The fourth-order valence-electron chi connectivity index (χ4n) is 15.3. The summed E-state index contributed by atoms with van der Waals surface area (Å²) in [4.78, 5) is 148. The molecule has 0 radical (unpaired) electrons. The summed E-state index contributed by atoms with van der Waals surface area (Å²) >= 11 is 1.58. The molecule has 6 aliphatic rings. The minimum absolute atomic E-state index is 0.0177. The molecule has 0 spiro atoms. The van der Waals surface area contributed by atoms with Crippen molar-refractivity contribution >= 4 is 81.2 Å². The highest BCUT2D eigenvalue weighted by molar-refractivity contribution is 7.99. The van der Waals surface area contributed by atoms with Crippen LogP contribution in [0.4, 0.5) is 30.7 Å². The van der Waals surface area contributed by atoms with Gasteiger partial charge in [-0.3, -0.25) is 57.5 Å². The second kappa shape index (κ2) is 51.8. The molecule has 756 valence electrons. The standard InChI is InChI=1S/C19H15F3O4.C19H15F3O3S.2C19H18O5.C19H18O4.C18H15FO4/c20-19(21,22)14-3-1-2-12(10-14)15(23)5-6-16(24)13-4-7-17-18(11-13)26-9-8-25-17;20-19(21,22)14-4-2-1-3-13(14)16(24)7-6-15(23)12-5-8-17-18(11-12)26-10-9-25-17;1-22-15-4-2-3-13(11-15)16(20)6-7-17(21)14-5-8-18-19(12-14)24-10-9-23-18;1-22-17-5-3-2-4-14(17)16(21)8-7-15(20)13-6-9-18-19(12-13)24-11-10-23-18;1-13-2-4-14(5-3-13)16(20)7-8-17(21)15-6-9-18-19(12-15)23-11-10-22-18;19-14-3-1-2-12(10-14)15(20)5-6-16(21)13-4-7-17-18(11-13)23-9-8-22-17/h1-4,7,10-11H,5-6,8-9H2;1-5,8,11H,6-7,9-10H2;2-5,8,11-12H,6-7,9-10H2,1H3;2-6,9,12H,7-8,10-11H2,1H3;2-6,9,12H,7-8,10-11H2,1H3;1-4,7,10-11H,5-6,8-9H2. The van der Waals surface area contributed by atoms with Gasteiger partial charge >= 0.3 is 12.4 Å². The Balaban J connectivity index is 0.000000147. The van der Waals surface area contributed by atoms with Crippen LogP contribution in [0, 0.1) is 12.7 Å². The number of carbonyl (C=O) groups excluding carboxylic acids is 12. The summed E-state index contributed by atoms with van der Waals surface area (Å²) in [5.41, 5.74) is 3.61. The number of fused-ring (bicyclic) bond motifs is 6. The zero-order valence-corrected chi connectivity index (χ0v) is 80.3. The highest BCUT2D eigenvalue weighted by atomic mass is 32.2. The van der Waals surface area contributed by atoms with Crippen molar-refractivity contribution < 1.29 is 150 Å². The molecule has 12 aromatic carbocycles. The predicted molar refractivity (Wildman–Crippen MR) is 524 cm³/mol. The first-order valence-electron chi connectivity index (χ1n) is 46.5. The largest absolute Gasteiger partial charge is 0.497 e. The Morgan fingerprint density at radius 1 is 0.260 bits per heavy atom. The van der Waals surface area contributed by atoms with Gasteiger partial charge in [-0.1, -0.05) is 96.6 Å². The molecule has 0 unspecified atom stereocenters. The molecule has 12 aromatic rings. The number of para-hydroxylation sites is 1. The topological polar surface area (TPSA) is 325 Å². The maximum atomic E-state index is 13.1. The molecule has 0 N–H and O–H groups in total. The van der Waals surface area contributed by atoms with Crippen molar-refractivity contribution in [2.75, 3.05) is 92.6 Å². The van der Waals surface area contributed by atoms with Gasteiger partial charge in [0.2, 0.25) is 0 Å². The average molecular weight is 2020 g/mol. The Bertz CT molecular complexity index is 6790. The van der Waals surface area contributed by atoms with Crippen LogP contribution in [0.15, 0.2) is 260 Å². The van der Waals surface area contributed by atoms with Crippen molar-refractivity contribution in [1.29, 1.82) is 0 Å². The maximum absolute atomic E-state index is 13.1. The molecule has 0 fully saturated rings. The molecule has 0 aliphatic carbocycles. The maximum Gasteiger partial charge on any atom is 0.417 e. The lowest BCUT2D eigenvalue weighted by Crippen LogP contribution is -2.16. The van der Waals surface area contributed by atoms with Crippen LogP contribution in [0.25, 0.3) is 0 Å². The Hall–Kier alpha value is -16.1. The smallest absolute Gasteiger partial charge is 0.417 e. The minimum Gasteiger partial charge on any atom is -0.497 e. The Kier molecular flexibility index (Phi) is 38.0. The highest BCUT2D eigenvalue weighted by Crippen LogP contribution is 2.41. The third kappa shape index (κ3) is 30.5. The molecule has 146 heavy (non-hydrogen) atoms. The van der Waals surface area contributed by atoms with Crippen LogP contribution in [0.3, 0.4) is 0 Å². The van der Waals surface area contributed by atoms with E-state index >= 15 is 0 Å². The molecule has 0 saturated carbocycles. The number of alkyl halides is 6. The first-order valence-corrected chi connectivity index (χ1v) is 47.5. The molecule has 18 rings (SSSR count). The van der Waals surface area contributed by atoms with E-state index in [2.05, 4.69) is 0 Å². The summed E-state index contributed by atoms with van der Waals surface area (Å²) in [6.07, 6.45) is -8.75. The van der Waals surface area contributed by atoms with Gasteiger partial charge in [-0.15, -0.1) is 11.8 Å². The monoisotopic (exact) mass is 2020 g/mol. The van der Waals surface area contributed by atoms with Gasteiger partial charge in [-0.25, -0.2) is 4.39 Å². The van der Waals surface area contributed by atoms with Crippen molar-refractivity contribution in [2.45, 2.75) is 101 Å². The predicted octanol–water partition coefficient (Wildman–Crippen LogP) is 23.0. The number of hydrogen-bond acceptors (Lipinski definition) is 26. The summed E-state index contributed by atoms with van der Waals surface area (Å²) in [6.45, 7) is 7.30. The van der Waals surface area contributed by atoms with Gasteiger partial charge in [0.25, 0.3) is 0 Å². The van der Waals surface area contributed by atoms with Gasteiger partial charge in [-0.05, 0) is 171 Å². The van der Waals surface area contributed by atoms with Crippen LogP contribution in [0.5, 0.6) is 74.7 Å². The number of Topliss-reactive ketones (excluding diaryl/α,β-unsaturated/α-hetero) is 12. The van der Waals surface area contributed by atoms with Crippen LogP contribution in [0.2, 0.25) is 0 Å². The lowest BCUT2D eigenvalue weighted by atomic mass is 9.98. The second-order valence-electron chi connectivity index (χ2n) is 33.2. The van der Waals surface area contributed by atoms with E-state index in [4.69, 9.17) is 61.6 Å². The van der Waals surface area contributed by atoms with Gasteiger partial charge in [0.05, 0.1) is 42.4 Å². The fraction of sp³-hybridized carbons (Fsp3) is 0.257. The van der Waals surface area contributed by atoms with E-state index < -0.39 is 46.4 Å². The van der Waals surface area contributed by atoms with E-state index in [0.29, 0.717) is 197 Å². The van der Waals surface area contributed by atoms with E-state index in [1.165, 1.54) is 49.6 Å². The number of rotatable bonds is 32. The molecule has 0 atom stereocenters. The number of hydrogen-bond donors (Lipinski definition) is 0. The van der Waals surface area contributed by atoms with Crippen molar-refractivity contribution in [2.24, 2.45) is 0 Å². The summed E-state index contributed by atoms with van der Waals surface area (Å²) in [7, 11) is 3.07. The summed E-state index contributed by atoms with van der Waals surface area (Å²) in [6, 6.07) is 65.7. The van der Waals surface area contributed by atoms with Crippen molar-refractivity contribution in [3.8, 4) is 74.7 Å². The number of thioether (sulfide) groups is 1. The van der Waals surface area contributed by atoms with Crippen LogP contribution in [-0.2, 0) is 12.4 Å². The molecule has 6 aliphatic heterocycles. The second-order valence-corrected chi connectivity index (χ2v) is 34.3. The van der Waals surface area contributed by atoms with Crippen molar-refractivity contribution in [3.05, 3.63) is 344 Å². The van der Waals surface area contributed by atoms with E-state index in [9.17, 15) is 88.3 Å². The lowest BCUT2D eigenvalue weighted by Gasteiger charge is -2.18. The van der Waals surface area contributed by atoms with Gasteiger partial charge in [0.1, 0.15) is 89.1 Å². The Labute approximate surface area is 839 Å². The summed E-state index contributed by atoms with van der Waals surface area (Å²) in [5.74, 6) is 5.37. The molecular weight excluding hydrogens is 1920 g/mol. The molecule has 6 heterocycles. The molecule has 0 amide bonds. The number of carbonyl (C=O) groups is 12. The van der Waals surface area contributed by atoms with Gasteiger partial charge in [0, 0.05) is 144 Å². The van der Waals surface area contributed by atoms with Crippen LogP contribution >= 0.6 is 11.8 Å². The average Bonchev–Trinajstić information content (AvgIpc) is 0.570. The summed E-state index contributed by atoms with van der Waals surface area (Å²) < 4.78 is 160. The first kappa shape index (κ1) is 107. The Morgan fingerprint density at radius 2 is 0.555 bits per heavy atom. The number of aryl methyl sites for hydroxylation is 1. The SMILES string of the molecule is COc1cccc(C(=O)CCC(=O)c2ccc3c(c2)OCCO3)c1.COc1ccccc1C(=O)CCC(=O)c1ccc2c(c1)OCCO2.Cc1ccc(C(=O)CCC(=O)c2ccc3c(c2)OCCO3)cc1.O=C(CCC(=O)c1ccc2c(c1)OCCO2)c1cccc(C(F)(F)F)c1.O=C(CCC(=O)c1ccc2c(c1)OCCO2)c1cccc(F)c1.O=C(CCC(=O)c1ccccc1C(F)(F)F)c1ccc2c(c1)SCCO2. The first-order chi connectivity index (χ1) is 70.3. The van der Waals surface area contributed by atoms with E-state index in [0.717, 1.165) is 40.5 Å². The minimum atomic E-state index is -4.61. The third-order valence-electron chi connectivity index (χ3n) is 23.0. The Morgan fingerprint density at radius 3 is 0.925 bits per heavy atom. The number of ketones is 12. The third-order valence-corrected chi connectivity index (χ3v) is 24.0. The number of halogens is 7. The normalized spacial score (nSPS) is 12.9. The van der Waals surface area contributed by atoms with E-state index in [-0.39, 0.29) is 146 Å². The van der Waals surface area contributed by atoms with Crippen LogP contribution in [-0.4, -0.2) is 162 Å². The van der Waals surface area contributed by atoms with Gasteiger partial charge in [-0.2, -0.15) is 26.3 Å². The quantitative estimate of drug-likeness (QED) is 0.0279. The van der Waals surface area contributed by atoms with Crippen molar-refractivity contribution in [1.82, 2.24) is 0 Å². The number of methoxy groups -OCH3 is 2. The molecule has 25 nitrogen and oxygen atoms in total. The molecule has 0 saturated heterocycles. The number of benzene rings is 12. The number of ether oxygens (including phenoxy) is 13. The van der Waals surface area contributed by atoms with E-state index in [1.807, 2.05) is 19.1 Å². The van der Waals surface area contributed by atoms with Crippen LogP contribution < -0.4 is 61.6 Å². The molecule has 0 bridgehead atoms. The van der Waals surface area contributed by atoms with Crippen LogP contribution in [0.1, 0.15) is 218 Å². The zero-order chi connectivity index (χ0) is 104.